The molecule has 2 aliphatic rings. The van der Waals surface area contributed by atoms with Crippen LogP contribution in [0.25, 0.3) is 10.9 Å². The number of benzene rings is 1. The van der Waals surface area contributed by atoms with Crippen LogP contribution in [-0.4, -0.2) is 29.5 Å². The van der Waals surface area contributed by atoms with E-state index in [1.807, 2.05) is 0 Å². The third kappa shape index (κ3) is 1.27. The highest BCUT2D eigenvalue weighted by atomic mass is 15.1. The quantitative estimate of drug-likeness (QED) is 0.749. The Bertz CT molecular complexity index is 611. The second-order valence-electron chi connectivity index (χ2n) is 6.00. The van der Waals surface area contributed by atoms with Gasteiger partial charge in [0.05, 0.1) is 0 Å². The van der Waals surface area contributed by atoms with Crippen LogP contribution in [0.4, 0.5) is 0 Å². The zero-order valence-electron chi connectivity index (χ0n) is 11.2. The summed E-state index contributed by atoms with van der Waals surface area (Å²) in [6.07, 6.45) is 3.93. The summed E-state index contributed by atoms with van der Waals surface area (Å²) in [5, 5.41) is 1.53. The largest absolute Gasteiger partial charge is 0.358 e. The predicted octanol–water partition coefficient (Wildman–Crippen LogP) is 3.21. The maximum absolute atomic E-state index is 3.56. The van der Waals surface area contributed by atoms with Crippen molar-refractivity contribution in [3.8, 4) is 0 Å². The molecule has 0 saturated carbocycles. The molecule has 18 heavy (non-hydrogen) atoms. The molecule has 1 N–H and O–H groups in total. The number of piperidine rings is 1. The lowest BCUT2D eigenvalue weighted by Gasteiger charge is -2.42. The number of aromatic nitrogens is 1. The van der Waals surface area contributed by atoms with Crippen molar-refractivity contribution in [2.75, 3.05) is 13.6 Å². The lowest BCUT2D eigenvalue weighted by Crippen LogP contribution is -2.44. The standard InChI is InChI=1S/C16H20N2/c1-10-13-9-15-11(6-4-8-18(15)2)12-5-3-7-14(17-10)16(12)13/h3,5,7,11,15,17H,4,6,8-9H2,1-2H3. The van der Waals surface area contributed by atoms with Gasteiger partial charge in [-0.2, -0.15) is 0 Å². The molecule has 2 heteroatoms. The molecule has 1 aromatic carbocycles. The topological polar surface area (TPSA) is 19.0 Å². The summed E-state index contributed by atoms with van der Waals surface area (Å²) in [6, 6.07) is 7.51. The lowest BCUT2D eigenvalue weighted by atomic mass is 9.75. The van der Waals surface area contributed by atoms with Crippen molar-refractivity contribution in [3.63, 3.8) is 0 Å². The molecule has 0 radical (unpaired) electrons. The molecule has 2 nitrogen and oxygen atoms in total. The van der Waals surface area contributed by atoms with Gasteiger partial charge in [0.25, 0.3) is 0 Å². The van der Waals surface area contributed by atoms with Gasteiger partial charge < -0.3 is 9.88 Å². The zero-order valence-corrected chi connectivity index (χ0v) is 11.2. The highest BCUT2D eigenvalue weighted by Gasteiger charge is 2.36. The van der Waals surface area contributed by atoms with Crippen molar-refractivity contribution in [1.82, 2.24) is 9.88 Å². The fraction of sp³-hybridized carbons (Fsp3) is 0.500. The molecular weight excluding hydrogens is 220 g/mol. The fourth-order valence-electron chi connectivity index (χ4n) is 4.14. The maximum Gasteiger partial charge on any atom is 0.0461 e. The van der Waals surface area contributed by atoms with E-state index in [9.17, 15) is 0 Å². The Morgan fingerprint density at radius 3 is 3.11 bits per heavy atom. The molecule has 2 heterocycles. The molecule has 1 aliphatic carbocycles. The molecule has 4 rings (SSSR count). The second-order valence-corrected chi connectivity index (χ2v) is 6.00. The number of aromatic amines is 1. The van der Waals surface area contributed by atoms with E-state index in [2.05, 4.69) is 42.1 Å². The van der Waals surface area contributed by atoms with Crippen LogP contribution in [0.1, 0.15) is 35.6 Å². The van der Waals surface area contributed by atoms with Crippen LogP contribution >= 0.6 is 0 Å². The number of fused-ring (bicyclic) bond motifs is 2. The molecule has 2 atom stereocenters. The SMILES string of the molecule is Cc1[nH]c2cccc3c2c1CC1C3CCCN1C. The predicted molar refractivity (Wildman–Crippen MR) is 75.1 cm³/mol. The van der Waals surface area contributed by atoms with E-state index < -0.39 is 0 Å². The first kappa shape index (κ1) is 10.6. The van der Waals surface area contributed by atoms with Gasteiger partial charge in [-0.25, -0.2) is 0 Å². The summed E-state index contributed by atoms with van der Waals surface area (Å²) in [4.78, 5) is 6.14. The highest BCUT2D eigenvalue weighted by Crippen LogP contribution is 2.43. The van der Waals surface area contributed by atoms with Gasteiger partial charge in [0.15, 0.2) is 0 Å². The Kier molecular flexibility index (Phi) is 2.13. The van der Waals surface area contributed by atoms with Crippen molar-refractivity contribution < 1.29 is 0 Å². The summed E-state index contributed by atoms with van der Waals surface area (Å²) in [5.74, 6) is 0.746. The number of hydrogen-bond acceptors (Lipinski definition) is 1. The smallest absolute Gasteiger partial charge is 0.0461 e. The van der Waals surface area contributed by atoms with E-state index in [1.54, 1.807) is 11.1 Å². The summed E-state index contributed by atoms with van der Waals surface area (Å²) in [5.41, 5.74) is 5.87. The first-order chi connectivity index (χ1) is 8.75. The molecule has 1 saturated heterocycles. The zero-order chi connectivity index (χ0) is 12.3. The van der Waals surface area contributed by atoms with Crippen LogP contribution in [0.2, 0.25) is 0 Å². The van der Waals surface area contributed by atoms with E-state index in [1.165, 1.54) is 42.4 Å². The summed E-state index contributed by atoms with van der Waals surface area (Å²) in [6.45, 7) is 3.48. The third-order valence-electron chi connectivity index (χ3n) is 5.04. The maximum atomic E-state index is 3.56. The summed E-state index contributed by atoms with van der Waals surface area (Å²) in [7, 11) is 2.30. The van der Waals surface area contributed by atoms with Crippen LogP contribution in [0.15, 0.2) is 18.2 Å². The number of likely N-dealkylation sites (N-methyl/N-ethyl adjacent to an activating group) is 1. The second kappa shape index (κ2) is 3.61. The van der Waals surface area contributed by atoms with Crippen LogP contribution < -0.4 is 0 Å². The van der Waals surface area contributed by atoms with Gasteiger partial charge in [-0.1, -0.05) is 12.1 Å². The Balaban J connectivity index is 1.98. The van der Waals surface area contributed by atoms with Gasteiger partial charge in [0, 0.05) is 28.6 Å². The van der Waals surface area contributed by atoms with Gasteiger partial charge >= 0.3 is 0 Å². The molecule has 1 aromatic heterocycles. The average molecular weight is 240 g/mol. The molecule has 1 aliphatic heterocycles. The number of nitrogens with one attached hydrogen (secondary N) is 1. The minimum absolute atomic E-state index is 0.714. The Morgan fingerprint density at radius 1 is 1.33 bits per heavy atom. The average Bonchev–Trinajstić information content (AvgIpc) is 2.69. The minimum Gasteiger partial charge on any atom is -0.358 e. The van der Waals surface area contributed by atoms with E-state index in [4.69, 9.17) is 0 Å². The first-order valence-corrected chi connectivity index (χ1v) is 7.06. The van der Waals surface area contributed by atoms with Crippen LogP contribution in [0.3, 0.4) is 0 Å². The molecule has 1 fully saturated rings. The van der Waals surface area contributed by atoms with Crippen molar-refractivity contribution in [1.29, 1.82) is 0 Å². The number of rotatable bonds is 0. The minimum atomic E-state index is 0.714. The van der Waals surface area contributed by atoms with Crippen LogP contribution in [0, 0.1) is 6.92 Å². The van der Waals surface area contributed by atoms with E-state index in [0.717, 1.165) is 5.92 Å². The summed E-state index contributed by atoms with van der Waals surface area (Å²) >= 11 is 0. The van der Waals surface area contributed by atoms with Crippen molar-refractivity contribution in [2.24, 2.45) is 0 Å². The first-order valence-electron chi connectivity index (χ1n) is 7.06. The number of hydrogen-bond donors (Lipinski definition) is 1. The van der Waals surface area contributed by atoms with Gasteiger partial charge in [0.2, 0.25) is 0 Å². The van der Waals surface area contributed by atoms with Gasteiger partial charge in [-0.3, -0.25) is 0 Å². The van der Waals surface area contributed by atoms with Gasteiger partial charge in [0.1, 0.15) is 0 Å². The highest BCUT2D eigenvalue weighted by molar-refractivity contribution is 5.89. The number of aryl methyl sites for hydroxylation is 1. The molecule has 0 spiro atoms. The monoisotopic (exact) mass is 240 g/mol. The van der Waals surface area contributed by atoms with E-state index >= 15 is 0 Å². The van der Waals surface area contributed by atoms with Crippen molar-refractivity contribution in [3.05, 3.63) is 35.0 Å². The number of likely N-dealkylation sites (tertiary alicyclic amines) is 1. The molecule has 0 bridgehead atoms. The molecule has 94 valence electrons. The summed E-state index contributed by atoms with van der Waals surface area (Å²) < 4.78 is 0. The number of nitrogens with zero attached hydrogens (tertiary/aromatic N) is 1. The third-order valence-corrected chi connectivity index (χ3v) is 5.04. The lowest BCUT2D eigenvalue weighted by molar-refractivity contribution is 0.157. The molecule has 2 aromatic rings. The Morgan fingerprint density at radius 2 is 2.22 bits per heavy atom. The van der Waals surface area contributed by atoms with Crippen molar-refractivity contribution >= 4 is 10.9 Å². The van der Waals surface area contributed by atoms with Gasteiger partial charge in [-0.05, 0) is 57.0 Å². The van der Waals surface area contributed by atoms with Crippen LogP contribution in [-0.2, 0) is 6.42 Å². The Labute approximate surface area is 108 Å². The van der Waals surface area contributed by atoms with E-state index in [-0.39, 0.29) is 0 Å². The van der Waals surface area contributed by atoms with Gasteiger partial charge in [-0.15, -0.1) is 0 Å². The molecule has 2 unspecified atom stereocenters. The molecular formula is C16H20N2. The van der Waals surface area contributed by atoms with Crippen molar-refractivity contribution in [2.45, 2.75) is 38.1 Å². The Hall–Kier alpha value is -1.28. The number of H-pyrrole nitrogens is 1. The normalized spacial score (nSPS) is 27.4. The van der Waals surface area contributed by atoms with E-state index in [0.29, 0.717) is 6.04 Å². The fourth-order valence-corrected chi connectivity index (χ4v) is 4.14. The van der Waals surface area contributed by atoms with Crippen LogP contribution in [0.5, 0.6) is 0 Å². The molecule has 0 amide bonds.